The Morgan fingerprint density at radius 1 is 1.67 bits per heavy atom. The van der Waals surface area contributed by atoms with Crippen LogP contribution in [-0.4, -0.2) is 14.8 Å². The summed E-state index contributed by atoms with van der Waals surface area (Å²) < 4.78 is 7.52. The lowest BCUT2D eigenvalue weighted by Gasteiger charge is -2.08. The van der Waals surface area contributed by atoms with E-state index in [4.69, 9.17) is 10.2 Å². The van der Waals surface area contributed by atoms with Gasteiger partial charge in [-0.25, -0.2) is 4.98 Å². The molecule has 0 radical (unpaired) electrons. The van der Waals surface area contributed by atoms with E-state index in [1.807, 2.05) is 13.1 Å². The minimum absolute atomic E-state index is 0.138. The first-order valence-corrected chi connectivity index (χ1v) is 5.29. The average molecular weight is 271 g/mol. The molecule has 6 heteroatoms. The van der Waals surface area contributed by atoms with Crippen LogP contribution in [0, 0.1) is 0 Å². The van der Waals surface area contributed by atoms with Crippen LogP contribution >= 0.6 is 15.9 Å². The molecule has 2 rings (SSSR count). The van der Waals surface area contributed by atoms with Gasteiger partial charge in [-0.05, 0) is 22.0 Å². The van der Waals surface area contributed by atoms with Crippen molar-refractivity contribution in [3.05, 3.63) is 34.7 Å². The van der Waals surface area contributed by atoms with Crippen LogP contribution in [0.1, 0.15) is 17.4 Å². The maximum atomic E-state index is 6.03. The second kappa shape index (κ2) is 4.16. The van der Waals surface area contributed by atoms with Crippen LogP contribution in [0.25, 0.3) is 0 Å². The number of hydrogen-bond donors (Lipinski definition) is 1. The Hall–Kier alpha value is -1.14. The molecule has 2 aromatic rings. The first kappa shape index (κ1) is 10.4. The Balaban J connectivity index is 2.14. The SMILES string of the molecule is Cn1ncnc1CC(N)c1ccoc1Br. The van der Waals surface area contributed by atoms with Gasteiger partial charge in [-0.15, -0.1) is 0 Å². The molecule has 0 aromatic carbocycles. The van der Waals surface area contributed by atoms with Gasteiger partial charge in [-0.3, -0.25) is 4.68 Å². The van der Waals surface area contributed by atoms with Gasteiger partial charge in [0, 0.05) is 25.1 Å². The van der Waals surface area contributed by atoms with Crippen LogP contribution in [0.15, 0.2) is 27.7 Å². The molecule has 0 saturated heterocycles. The summed E-state index contributed by atoms with van der Waals surface area (Å²) in [6.45, 7) is 0. The highest BCUT2D eigenvalue weighted by Gasteiger charge is 2.15. The van der Waals surface area contributed by atoms with Crippen LogP contribution < -0.4 is 5.73 Å². The standard InChI is InChI=1S/C9H11BrN4O/c1-14-8(12-5-13-14)4-7(11)6-2-3-15-9(6)10/h2-3,5,7H,4,11H2,1H3. The zero-order valence-electron chi connectivity index (χ0n) is 8.22. The minimum Gasteiger partial charge on any atom is -0.457 e. The molecular weight excluding hydrogens is 260 g/mol. The highest BCUT2D eigenvalue weighted by Crippen LogP contribution is 2.24. The summed E-state index contributed by atoms with van der Waals surface area (Å²) in [5, 5.41) is 3.99. The molecule has 0 fully saturated rings. The zero-order valence-corrected chi connectivity index (χ0v) is 9.81. The lowest BCUT2D eigenvalue weighted by molar-refractivity contribution is 0.528. The predicted octanol–water partition coefficient (Wildman–Crippen LogP) is 1.41. The van der Waals surface area contributed by atoms with Crippen molar-refractivity contribution in [2.75, 3.05) is 0 Å². The summed E-state index contributed by atoms with van der Waals surface area (Å²) in [5.74, 6) is 0.857. The third-order valence-corrected chi connectivity index (χ3v) is 2.90. The normalized spacial score (nSPS) is 13.0. The Kier molecular flexibility index (Phi) is 2.88. The fourth-order valence-electron chi connectivity index (χ4n) is 1.38. The fourth-order valence-corrected chi connectivity index (χ4v) is 1.92. The summed E-state index contributed by atoms with van der Waals surface area (Å²) in [7, 11) is 1.85. The maximum Gasteiger partial charge on any atom is 0.173 e. The number of rotatable bonds is 3. The van der Waals surface area contributed by atoms with Crippen molar-refractivity contribution < 1.29 is 4.42 Å². The molecule has 15 heavy (non-hydrogen) atoms. The molecule has 1 atom stereocenters. The predicted molar refractivity (Wildman–Crippen MR) is 58.0 cm³/mol. The molecular formula is C9H11BrN4O. The van der Waals surface area contributed by atoms with Gasteiger partial charge < -0.3 is 10.2 Å². The van der Waals surface area contributed by atoms with Crippen LogP contribution in [0.5, 0.6) is 0 Å². The van der Waals surface area contributed by atoms with Gasteiger partial charge in [0.15, 0.2) is 4.67 Å². The summed E-state index contributed by atoms with van der Waals surface area (Å²) in [6, 6.07) is 1.71. The van der Waals surface area contributed by atoms with Crippen LogP contribution in [0.2, 0.25) is 0 Å². The summed E-state index contributed by atoms with van der Waals surface area (Å²) in [6.07, 6.45) is 3.76. The number of aromatic nitrogens is 3. The molecule has 2 heterocycles. The molecule has 80 valence electrons. The maximum absolute atomic E-state index is 6.03. The topological polar surface area (TPSA) is 69.9 Å². The van der Waals surface area contributed by atoms with Gasteiger partial charge in [0.25, 0.3) is 0 Å². The third-order valence-electron chi connectivity index (χ3n) is 2.25. The first-order chi connectivity index (χ1) is 7.18. The van der Waals surface area contributed by atoms with Crippen molar-refractivity contribution in [3.63, 3.8) is 0 Å². The fraction of sp³-hybridized carbons (Fsp3) is 0.333. The number of nitrogens with two attached hydrogens (primary N) is 1. The molecule has 5 nitrogen and oxygen atoms in total. The van der Waals surface area contributed by atoms with Crippen LogP contribution in [0.4, 0.5) is 0 Å². The second-order valence-electron chi connectivity index (χ2n) is 3.26. The monoisotopic (exact) mass is 270 g/mol. The first-order valence-electron chi connectivity index (χ1n) is 4.50. The van der Waals surface area contributed by atoms with E-state index >= 15 is 0 Å². The van der Waals surface area contributed by atoms with Crippen LogP contribution in [-0.2, 0) is 13.5 Å². The van der Waals surface area contributed by atoms with Crippen molar-refractivity contribution in [2.45, 2.75) is 12.5 Å². The molecule has 0 amide bonds. The van der Waals surface area contributed by atoms with Gasteiger partial charge in [-0.1, -0.05) is 0 Å². The lowest BCUT2D eigenvalue weighted by atomic mass is 10.1. The largest absolute Gasteiger partial charge is 0.457 e. The molecule has 0 aliphatic rings. The van der Waals surface area contributed by atoms with E-state index in [0.717, 1.165) is 11.4 Å². The average Bonchev–Trinajstić information content (AvgIpc) is 2.76. The van der Waals surface area contributed by atoms with Crippen molar-refractivity contribution >= 4 is 15.9 Å². The van der Waals surface area contributed by atoms with E-state index in [1.165, 1.54) is 6.33 Å². The van der Waals surface area contributed by atoms with Crippen molar-refractivity contribution in [1.82, 2.24) is 14.8 Å². The molecule has 0 bridgehead atoms. The number of halogens is 1. The van der Waals surface area contributed by atoms with Gasteiger partial charge in [0.1, 0.15) is 12.2 Å². The van der Waals surface area contributed by atoms with E-state index < -0.39 is 0 Å². The number of hydrogen-bond acceptors (Lipinski definition) is 4. The Labute approximate surface area is 95.4 Å². The van der Waals surface area contributed by atoms with Crippen molar-refractivity contribution in [1.29, 1.82) is 0 Å². The highest BCUT2D eigenvalue weighted by atomic mass is 79.9. The smallest absolute Gasteiger partial charge is 0.173 e. The molecule has 0 spiro atoms. The molecule has 0 saturated carbocycles. The van der Waals surface area contributed by atoms with E-state index in [9.17, 15) is 0 Å². The lowest BCUT2D eigenvalue weighted by Crippen LogP contribution is -2.15. The van der Waals surface area contributed by atoms with E-state index in [1.54, 1.807) is 10.9 Å². The molecule has 1 unspecified atom stereocenters. The quantitative estimate of drug-likeness (QED) is 0.916. The zero-order chi connectivity index (χ0) is 10.8. The van der Waals surface area contributed by atoms with Crippen molar-refractivity contribution in [2.24, 2.45) is 12.8 Å². The minimum atomic E-state index is -0.138. The Morgan fingerprint density at radius 2 is 2.47 bits per heavy atom. The molecule has 2 N–H and O–H groups in total. The summed E-state index contributed by atoms with van der Waals surface area (Å²) in [5.41, 5.74) is 6.97. The van der Waals surface area contributed by atoms with E-state index in [-0.39, 0.29) is 6.04 Å². The highest BCUT2D eigenvalue weighted by molar-refractivity contribution is 9.10. The Morgan fingerprint density at radius 3 is 3.00 bits per heavy atom. The van der Waals surface area contributed by atoms with Gasteiger partial charge >= 0.3 is 0 Å². The van der Waals surface area contributed by atoms with E-state index in [0.29, 0.717) is 11.1 Å². The van der Waals surface area contributed by atoms with Gasteiger partial charge in [-0.2, -0.15) is 5.10 Å². The molecule has 0 aliphatic carbocycles. The number of nitrogens with zero attached hydrogens (tertiary/aromatic N) is 3. The van der Waals surface area contributed by atoms with E-state index in [2.05, 4.69) is 26.0 Å². The Bertz CT molecular complexity index is 450. The molecule has 0 aliphatic heterocycles. The van der Waals surface area contributed by atoms with Crippen LogP contribution in [0.3, 0.4) is 0 Å². The summed E-state index contributed by atoms with van der Waals surface area (Å²) in [4.78, 5) is 4.12. The molecule has 2 aromatic heterocycles. The van der Waals surface area contributed by atoms with Gasteiger partial charge in [0.2, 0.25) is 0 Å². The number of furan rings is 1. The van der Waals surface area contributed by atoms with Gasteiger partial charge in [0.05, 0.1) is 6.26 Å². The number of aryl methyl sites for hydroxylation is 1. The van der Waals surface area contributed by atoms with Crippen molar-refractivity contribution in [3.8, 4) is 0 Å². The summed E-state index contributed by atoms with van der Waals surface area (Å²) >= 11 is 3.30. The second-order valence-corrected chi connectivity index (χ2v) is 3.98. The third kappa shape index (κ3) is 2.10.